The van der Waals surface area contributed by atoms with Crippen LogP contribution in [0.5, 0.6) is 11.5 Å². The van der Waals surface area contributed by atoms with Crippen molar-refractivity contribution in [1.29, 1.82) is 0 Å². The second kappa shape index (κ2) is 14.9. The van der Waals surface area contributed by atoms with Crippen LogP contribution in [-0.2, 0) is 29.1 Å². The lowest BCUT2D eigenvalue weighted by Crippen LogP contribution is -2.60. The van der Waals surface area contributed by atoms with Gasteiger partial charge in [0.15, 0.2) is 0 Å². The number of carbonyl (C=O) groups excluding carboxylic acids is 4. The number of likely N-dealkylation sites (tertiary alicyclic amines) is 1. The molecule has 0 radical (unpaired) electrons. The van der Waals surface area contributed by atoms with E-state index in [4.69, 9.17) is 19.2 Å². The molecule has 0 bridgehead atoms. The van der Waals surface area contributed by atoms with Crippen LogP contribution in [0.2, 0.25) is 0 Å². The third-order valence-corrected chi connectivity index (χ3v) is 13.4. The largest absolute Gasteiger partial charge is 0.497 e. The predicted octanol–water partition coefficient (Wildman–Crippen LogP) is 4.26. The summed E-state index contributed by atoms with van der Waals surface area (Å²) in [6, 6.07) is 3.28. The number of methoxy groups -OCH3 is 2. The highest BCUT2D eigenvalue weighted by Gasteiger charge is 2.62. The summed E-state index contributed by atoms with van der Waals surface area (Å²) in [5.74, 6) is -1.60. The van der Waals surface area contributed by atoms with Crippen molar-refractivity contribution in [2.75, 3.05) is 20.8 Å². The molecule has 2 aromatic rings. The van der Waals surface area contributed by atoms with Crippen molar-refractivity contribution in [2.45, 2.75) is 107 Å². The summed E-state index contributed by atoms with van der Waals surface area (Å²) in [5.41, 5.74) is -0.928. The molecule has 1 aromatic carbocycles. The molecular formula is C37H49N5O9S2. The average molecular weight is 772 g/mol. The number of rotatable bonds is 13. The van der Waals surface area contributed by atoms with Crippen molar-refractivity contribution in [3.05, 3.63) is 41.9 Å². The van der Waals surface area contributed by atoms with Crippen molar-refractivity contribution in [3.8, 4) is 22.1 Å². The summed E-state index contributed by atoms with van der Waals surface area (Å²) in [6.45, 7) is 9.35. The number of nitrogens with one attached hydrogen (secondary N) is 3. The number of alkyl carbamates (subject to hydrolysis) is 1. The molecule has 1 aliphatic heterocycles. The van der Waals surface area contributed by atoms with E-state index in [1.54, 1.807) is 26.4 Å². The zero-order valence-electron chi connectivity index (χ0n) is 30.8. The fourth-order valence-corrected chi connectivity index (χ4v) is 9.55. The fraction of sp³-hybridized carbons (Fsp3) is 0.595. The Labute approximate surface area is 314 Å². The van der Waals surface area contributed by atoms with Crippen molar-refractivity contribution in [3.63, 3.8) is 0 Å². The first-order valence-electron chi connectivity index (χ1n) is 18.1. The van der Waals surface area contributed by atoms with Gasteiger partial charge in [-0.15, -0.1) is 17.9 Å². The maximum atomic E-state index is 14.6. The number of benzene rings is 1. The molecule has 4 aliphatic rings. The number of thiazole rings is 1. The Hall–Kier alpha value is -4.18. The Morgan fingerprint density at radius 3 is 2.42 bits per heavy atom. The number of hydrogen-bond acceptors (Lipinski definition) is 11. The highest BCUT2D eigenvalue weighted by atomic mass is 32.2. The summed E-state index contributed by atoms with van der Waals surface area (Å²) in [5, 5.41) is 7.53. The van der Waals surface area contributed by atoms with E-state index in [0.717, 1.165) is 31.2 Å². The number of nitrogens with zero attached hydrogens (tertiary/aromatic N) is 2. The van der Waals surface area contributed by atoms with Crippen molar-refractivity contribution in [1.82, 2.24) is 25.2 Å². The molecule has 16 heteroatoms. The van der Waals surface area contributed by atoms with E-state index in [1.807, 2.05) is 32.2 Å². The second-order valence-corrected chi connectivity index (χ2v) is 18.3. The van der Waals surface area contributed by atoms with Crippen LogP contribution in [0.15, 0.2) is 36.2 Å². The Kier molecular flexibility index (Phi) is 10.9. The number of sulfonamides is 1. The number of aromatic nitrogens is 1. The highest BCUT2D eigenvalue weighted by molar-refractivity contribution is 7.91. The van der Waals surface area contributed by atoms with Gasteiger partial charge >= 0.3 is 6.09 Å². The fourth-order valence-electron chi connectivity index (χ4n) is 7.26. The molecule has 4 amide bonds. The number of hydrogen-bond donors (Lipinski definition) is 3. The molecule has 0 spiro atoms. The maximum absolute atomic E-state index is 14.6. The molecule has 14 nitrogen and oxygen atoms in total. The molecule has 3 N–H and O–H groups in total. The first-order valence-corrected chi connectivity index (χ1v) is 20.5. The zero-order chi connectivity index (χ0) is 38.3. The van der Waals surface area contributed by atoms with E-state index in [2.05, 4.69) is 21.9 Å². The van der Waals surface area contributed by atoms with E-state index in [0.29, 0.717) is 35.0 Å². The van der Waals surface area contributed by atoms with Gasteiger partial charge in [0.2, 0.25) is 21.8 Å². The van der Waals surface area contributed by atoms with Gasteiger partial charge in [-0.2, -0.15) is 0 Å². The van der Waals surface area contributed by atoms with Crippen LogP contribution in [0, 0.1) is 11.3 Å². The molecule has 53 heavy (non-hydrogen) atoms. The van der Waals surface area contributed by atoms with Crippen LogP contribution < -0.4 is 24.8 Å². The van der Waals surface area contributed by atoms with Gasteiger partial charge in [-0.1, -0.05) is 26.8 Å². The van der Waals surface area contributed by atoms with E-state index in [1.165, 1.54) is 22.3 Å². The first kappa shape index (κ1) is 38.5. The van der Waals surface area contributed by atoms with Gasteiger partial charge in [-0.05, 0) is 75.0 Å². The van der Waals surface area contributed by atoms with E-state index in [-0.39, 0.29) is 25.5 Å². The highest BCUT2D eigenvalue weighted by Crippen LogP contribution is 2.46. The van der Waals surface area contributed by atoms with Gasteiger partial charge in [-0.3, -0.25) is 19.1 Å². The summed E-state index contributed by atoms with van der Waals surface area (Å²) < 4.78 is 44.3. The minimum absolute atomic E-state index is 0.0986. The molecule has 1 saturated heterocycles. The average Bonchev–Trinajstić information content (AvgIpc) is 3.88. The summed E-state index contributed by atoms with van der Waals surface area (Å²) in [7, 11) is -0.751. The van der Waals surface area contributed by atoms with Crippen molar-refractivity contribution in [2.24, 2.45) is 11.3 Å². The minimum atomic E-state index is -3.89. The zero-order valence-corrected chi connectivity index (χ0v) is 32.4. The Balaban J connectivity index is 1.29. The summed E-state index contributed by atoms with van der Waals surface area (Å²) >= 11 is 1.39. The lowest BCUT2D eigenvalue weighted by atomic mass is 9.85. The molecule has 6 rings (SSSR count). The van der Waals surface area contributed by atoms with Crippen LogP contribution in [0.1, 0.15) is 83.7 Å². The Bertz CT molecular complexity index is 1860. The van der Waals surface area contributed by atoms with Crippen LogP contribution >= 0.6 is 11.3 Å². The van der Waals surface area contributed by atoms with Crippen molar-refractivity contribution < 1.29 is 41.8 Å². The summed E-state index contributed by atoms with van der Waals surface area (Å²) in [6.07, 6.45) is 5.31. The number of carbonyl (C=O) groups is 4. The molecule has 3 saturated carbocycles. The SMILES string of the molecule is C=C[C@@H]1C[C@]1(NC(=O)[C@@H]1C[C@@H](c2csc(-c3cc(OC)ccc3OC)n2)CN1C(=O)[C@@H](NC(=O)OC1CCCC1)C(C)(C)C)C(=O)NS(=O)(=O)C1CC1. The quantitative estimate of drug-likeness (QED) is 0.249. The number of amides is 4. The molecule has 0 unspecified atom stereocenters. The first-order chi connectivity index (χ1) is 25.1. The van der Waals surface area contributed by atoms with Gasteiger partial charge < -0.3 is 29.7 Å². The van der Waals surface area contributed by atoms with Gasteiger partial charge in [0, 0.05) is 23.8 Å². The van der Waals surface area contributed by atoms with Crippen LogP contribution in [0.25, 0.3) is 10.6 Å². The lowest BCUT2D eigenvalue weighted by Gasteiger charge is -2.35. The third-order valence-electron chi connectivity index (χ3n) is 10.7. The molecule has 2 heterocycles. The molecule has 4 fully saturated rings. The maximum Gasteiger partial charge on any atom is 0.408 e. The Morgan fingerprint density at radius 2 is 1.81 bits per heavy atom. The molecule has 1 aromatic heterocycles. The van der Waals surface area contributed by atoms with Gasteiger partial charge in [0.25, 0.3) is 5.91 Å². The predicted molar refractivity (Wildman–Crippen MR) is 198 cm³/mol. The number of ether oxygens (including phenoxy) is 3. The Morgan fingerprint density at radius 1 is 1.09 bits per heavy atom. The van der Waals surface area contributed by atoms with Gasteiger partial charge in [0.05, 0.1) is 30.7 Å². The van der Waals surface area contributed by atoms with Crippen molar-refractivity contribution >= 4 is 45.2 Å². The molecular weight excluding hydrogens is 723 g/mol. The molecule has 3 aliphatic carbocycles. The van der Waals surface area contributed by atoms with E-state index in [9.17, 15) is 27.6 Å². The molecule has 5 atom stereocenters. The lowest BCUT2D eigenvalue weighted by molar-refractivity contribution is -0.142. The third kappa shape index (κ3) is 8.17. The standard InChI is InChI=1S/C37H49N5O9S2/c1-7-22-18-37(22,34(45)41-53(47,48)25-13-14-25)40-31(43)28-16-21(27-20-52-32(38-27)26-17-24(49-5)12-15-29(26)50-6)19-42(28)33(44)30(36(2,3)4)39-35(46)51-23-10-8-9-11-23/h7,12,15,17,20-23,25,28,30H,1,8-11,13-14,16,18-19H2,2-6H3,(H,39,46)(H,40,43)(H,41,45)/t21-,22-,28+,30-,37-/m1/s1. The van der Waals surface area contributed by atoms with Gasteiger partial charge in [0.1, 0.15) is 40.2 Å². The minimum Gasteiger partial charge on any atom is -0.497 e. The topological polar surface area (TPSA) is 182 Å². The monoisotopic (exact) mass is 771 g/mol. The van der Waals surface area contributed by atoms with Crippen LogP contribution in [0.4, 0.5) is 4.79 Å². The van der Waals surface area contributed by atoms with Gasteiger partial charge in [-0.25, -0.2) is 18.2 Å². The second-order valence-electron chi connectivity index (χ2n) is 15.5. The van der Waals surface area contributed by atoms with Crippen LogP contribution in [-0.4, -0.2) is 91.9 Å². The van der Waals surface area contributed by atoms with Crippen LogP contribution in [0.3, 0.4) is 0 Å². The molecule has 288 valence electrons. The summed E-state index contributed by atoms with van der Waals surface area (Å²) in [4.78, 5) is 61.9. The van der Waals surface area contributed by atoms with E-state index < -0.39 is 74.0 Å². The smallest absolute Gasteiger partial charge is 0.408 e. The normalized spacial score (nSPS) is 24.9. The van der Waals surface area contributed by atoms with E-state index >= 15 is 0 Å².